The zero-order chi connectivity index (χ0) is 6.69. The first kappa shape index (κ1) is 6.52. The normalized spacial score (nSPS) is 31.6. The molecule has 0 aliphatic carbocycles. The van der Waals surface area contributed by atoms with E-state index in [2.05, 4.69) is 13.2 Å². The largest absolute Gasteiger partial charge is 0.275 e. The van der Waals surface area contributed by atoms with E-state index in [4.69, 9.17) is 4.84 Å². The SMILES string of the molecule is C=CCC1ON1CC=C. The minimum atomic E-state index is 0.278. The Balaban J connectivity index is 2.09. The van der Waals surface area contributed by atoms with E-state index in [1.807, 2.05) is 17.2 Å². The second kappa shape index (κ2) is 2.80. The van der Waals surface area contributed by atoms with Crippen LogP contribution in [-0.4, -0.2) is 17.8 Å². The van der Waals surface area contributed by atoms with Gasteiger partial charge in [-0.2, -0.15) is 5.06 Å². The lowest BCUT2D eigenvalue weighted by molar-refractivity contribution is 0.215. The van der Waals surface area contributed by atoms with Gasteiger partial charge in [0.1, 0.15) is 0 Å². The van der Waals surface area contributed by atoms with Crippen LogP contribution >= 0.6 is 0 Å². The number of nitrogens with zero attached hydrogens (tertiary/aromatic N) is 1. The Hall–Kier alpha value is -0.600. The van der Waals surface area contributed by atoms with E-state index in [-0.39, 0.29) is 6.23 Å². The van der Waals surface area contributed by atoms with Gasteiger partial charge in [0.25, 0.3) is 0 Å². The van der Waals surface area contributed by atoms with Crippen molar-refractivity contribution in [3.63, 3.8) is 0 Å². The van der Waals surface area contributed by atoms with E-state index >= 15 is 0 Å². The molecule has 2 unspecified atom stereocenters. The molecule has 1 fully saturated rings. The molecule has 1 aliphatic rings. The van der Waals surface area contributed by atoms with E-state index in [1.54, 1.807) is 0 Å². The lowest BCUT2D eigenvalue weighted by Crippen LogP contribution is -1.99. The monoisotopic (exact) mass is 125 g/mol. The predicted octanol–water partition coefficient (Wildman–Crippen LogP) is 1.32. The molecule has 2 atom stereocenters. The van der Waals surface area contributed by atoms with Crippen LogP contribution in [0.1, 0.15) is 6.42 Å². The summed E-state index contributed by atoms with van der Waals surface area (Å²) in [6, 6.07) is 0. The minimum Gasteiger partial charge on any atom is -0.275 e. The third kappa shape index (κ3) is 1.66. The van der Waals surface area contributed by atoms with Crippen molar-refractivity contribution in [2.45, 2.75) is 12.6 Å². The summed E-state index contributed by atoms with van der Waals surface area (Å²) < 4.78 is 0. The van der Waals surface area contributed by atoms with Crippen molar-refractivity contribution in [3.8, 4) is 0 Å². The highest BCUT2D eigenvalue weighted by atomic mass is 16.8. The number of rotatable bonds is 4. The molecule has 0 bridgehead atoms. The molecule has 1 saturated heterocycles. The van der Waals surface area contributed by atoms with Crippen molar-refractivity contribution in [2.75, 3.05) is 6.54 Å². The van der Waals surface area contributed by atoms with Crippen LogP contribution in [0.15, 0.2) is 25.3 Å². The summed E-state index contributed by atoms with van der Waals surface area (Å²) in [6.07, 6.45) is 4.87. The maximum atomic E-state index is 5.09. The summed E-state index contributed by atoms with van der Waals surface area (Å²) in [5, 5.41) is 1.87. The van der Waals surface area contributed by atoms with Crippen molar-refractivity contribution < 1.29 is 4.84 Å². The second-order valence-electron chi connectivity index (χ2n) is 1.97. The summed E-state index contributed by atoms with van der Waals surface area (Å²) in [6.45, 7) is 8.01. The fourth-order valence-electron chi connectivity index (χ4n) is 0.720. The molecule has 0 aromatic heterocycles. The van der Waals surface area contributed by atoms with E-state index in [0.29, 0.717) is 0 Å². The van der Waals surface area contributed by atoms with Crippen LogP contribution in [0.3, 0.4) is 0 Å². The Morgan fingerprint density at radius 1 is 1.44 bits per heavy atom. The standard InChI is InChI=1S/C7H11NO/c1-3-5-7-8(9-7)6-4-2/h3-4,7H,1-2,5-6H2. The van der Waals surface area contributed by atoms with Gasteiger partial charge in [-0.25, -0.2) is 0 Å². The molecule has 1 aliphatic heterocycles. The molecule has 9 heavy (non-hydrogen) atoms. The molecule has 0 aromatic carbocycles. The molecule has 0 saturated carbocycles. The molecule has 50 valence electrons. The molecular weight excluding hydrogens is 114 g/mol. The highest BCUT2D eigenvalue weighted by molar-refractivity contribution is 4.81. The summed E-state index contributed by atoms with van der Waals surface area (Å²) in [7, 11) is 0. The summed E-state index contributed by atoms with van der Waals surface area (Å²) in [5.41, 5.74) is 0. The van der Waals surface area contributed by atoms with Crippen molar-refractivity contribution in [1.82, 2.24) is 5.06 Å². The van der Waals surface area contributed by atoms with Gasteiger partial charge in [0.15, 0.2) is 6.23 Å². The molecule has 2 nitrogen and oxygen atoms in total. The summed E-state index contributed by atoms with van der Waals surface area (Å²) in [4.78, 5) is 5.09. The molecule has 1 rings (SSSR count). The Bertz CT molecular complexity index is 108. The van der Waals surface area contributed by atoms with Gasteiger partial charge in [0.2, 0.25) is 0 Å². The van der Waals surface area contributed by atoms with Crippen molar-refractivity contribution in [1.29, 1.82) is 0 Å². The molecule has 2 heteroatoms. The van der Waals surface area contributed by atoms with Gasteiger partial charge in [-0.15, -0.1) is 13.2 Å². The quantitative estimate of drug-likeness (QED) is 0.416. The highest BCUT2D eigenvalue weighted by Gasteiger charge is 2.33. The van der Waals surface area contributed by atoms with Crippen LogP contribution in [0, 0.1) is 0 Å². The third-order valence-corrected chi connectivity index (χ3v) is 1.21. The molecule has 0 aromatic rings. The molecule has 0 radical (unpaired) electrons. The number of hydrogen-bond acceptors (Lipinski definition) is 2. The molecular formula is C7H11NO. The fourth-order valence-corrected chi connectivity index (χ4v) is 0.720. The van der Waals surface area contributed by atoms with Crippen molar-refractivity contribution in [2.24, 2.45) is 0 Å². The first-order valence-electron chi connectivity index (χ1n) is 3.03. The van der Waals surface area contributed by atoms with Gasteiger partial charge < -0.3 is 0 Å². The number of hydroxylamine groups is 2. The average molecular weight is 125 g/mol. The topological polar surface area (TPSA) is 15.5 Å². The Morgan fingerprint density at radius 3 is 2.78 bits per heavy atom. The Kier molecular flexibility index (Phi) is 2.03. The smallest absolute Gasteiger partial charge is 0.158 e. The first-order valence-corrected chi connectivity index (χ1v) is 3.03. The lowest BCUT2D eigenvalue weighted by atomic mass is 10.4. The van der Waals surface area contributed by atoms with Crippen LogP contribution in [-0.2, 0) is 4.84 Å². The maximum Gasteiger partial charge on any atom is 0.158 e. The van der Waals surface area contributed by atoms with Crippen LogP contribution in [0.25, 0.3) is 0 Å². The molecule has 1 heterocycles. The molecule has 0 N–H and O–H groups in total. The second-order valence-corrected chi connectivity index (χ2v) is 1.97. The van der Waals surface area contributed by atoms with Crippen LogP contribution in [0.5, 0.6) is 0 Å². The predicted molar refractivity (Wildman–Crippen MR) is 36.6 cm³/mol. The van der Waals surface area contributed by atoms with E-state index < -0.39 is 0 Å². The number of hydrogen-bond donors (Lipinski definition) is 0. The van der Waals surface area contributed by atoms with Gasteiger partial charge in [0, 0.05) is 13.0 Å². The van der Waals surface area contributed by atoms with Gasteiger partial charge in [-0.05, 0) is 0 Å². The van der Waals surface area contributed by atoms with Gasteiger partial charge in [-0.3, -0.25) is 4.84 Å². The van der Waals surface area contributed by atoms with Gasteiger partial charge in [0.05, 0.1) is 0 Å². The Morgan fingerprint density at radius 2 is 2.22 bits per heavy atom. The summed E-state index contributed by atoms with van der Waals surface area (Å²) in [5.74, 6) is 0. The van der Waals surface area contributed by atoms with Crippen LogP contribution in [0.4, 0.5) is 0 Å². The van der Waals surface area contributed by atoms with E-state index in [9.17, 15) is 0 Å². The third-order valence-electron chi connectivity index (χ3n) is 1.21. The highest BCUT2D eigenvalue weighted by Crippen LogP contribution is 2.22. The van der Waals surface area contributed by atoms with Crippen molar-refractivity contribution >= 4 is 0 Å². The first-order chi connectivity index (χ1) is 4.38. The van der Waals surface area contributed by atoms with Gasteiger partial charge >= 0.3 is 0 Å². The minimum absolute atomic E-state index is 0.278. The van der Waals surface area contributed by atoms with E-state index in [0.717, 1.165) is 13.0 Å². The average Bonchev–Trinajstić information content (AvgIpc) is 2.50. The molecule has 0 spiro atoms. The zero-order valence-electron chi connectivity index (χ0n) is 5.42. The van der Waals surface area contributed by atoms with E-state index in [1.165, 1.54) is 0 Å². The zero-order valence-corrected chi connectivity index (χ0v) is 5.42. The fraction of sp³-hybridized carbons (Fsp3) is 0.429. The van der Waals surface area contributed by atoms with Crippen molar-refractivity contribution in [3.05, 3.63) is 25.3 Å². The van der Waals surface area contributed by atoms with Crippen LogP contribution < -0.4 is 0 Å². The Labute approximate surface area is 55.4 Å². The summed E-state index contributed by atoms with van der Waals surface area (Å²) >= 11 is 0. The lowest BCUT2D eigenvalue weighted by Gasteiger charge is -1.85. The van der Waals surface area contributed by atoms with Gasteiger partial charge in [-0.1, -0.05) is 12.2 Å². The maximum absolute atomic E-state index is 5.09. The molecule has 0 amide bonds. The van der Waals surface area contributed by atoms with Crippen LogP contribution in [0.2, 0.25) is 0 Å².